The Morgan fingerprint density at radius 3 is 2.84 bits per heavy atom. The highest BCUT2D eigenvalue weighted by Crippen LogP contribution is 2.34. The zero-order valence-electron chi connectivity index (χ0n) is 13.9. The molecular weight excluding hydrogens is 339 g/mol. The van der Waals surface area contributed by atoms with Gasteiger partial charge in [0.05, 0.1) is 11.4 Å². The minimum absolute atomic E-state index is 0.0179. The third kappa shape index (κ3) is 4.20. The molecule has 0 fully saturated rings. The summed E-state index contributed by atoms with van der Waals surface area (Å²) in [5.41, 5.74) is 1.61. The van der Waals surface area contributed by atoms with Crippen molar-refractivity contribution in [3.05, 3.63) is 59.9 Å². The maximum atomic E-state index is 13.2. The van der Waals surface area contributed by atoms with Crippen molar-refractivity contribution in [3.63, 3.8) is 0 Å². The average Bonchev–Trinajstić information content (AvgIpc) is 2.60. The fourth-order valence-corrected chi connectivity index (χ4v) is 3.73. The van der Waals surface area contributed by atoms with Crippen LogP contribution in [0.1, 0.15) is 12.0 Å². The van der Waals surface area contributed by atoms with Crippen molar-refractivity contribution < 1.29 is 14.0 Å². The van der Waals surface area contributed by atoms with Crippen LogP contribution < -0.4 is 4.90 Å². The molecule has 25 heavy (non-hydrogen) atoms. The lowest BCUT2D eigenvalue weighted by atomic mass is 10.2. The van der Waals surface area contributed by atoms with Gasteiger partial charge in [-0.15, -0.1) is 11.8 Å². The molecule has 2 aromatic carbocycles. The highest BCUT2D eigenvalue weighted by atomic mass is 32.2. The van der Waals surface area contributed by atoms with E-state index in [1.165, 1.54) is 23.9 Å². The quantitative estimate of drug-likeness (QED) is 0.823. The van der Waals surface area contributed by atoms with Crippen LogP contribution in [0.5, 0.6) is 0 Å². The predicted molar refractivity (Wildman–Crippen MR) is 97.0 cm³/mol. The highest BCUT2D eigenvalue weighted by molar-refractivity contribution is 8.00. The number of fused-ring (bicyclic) bond motifs is 1. The van der Waals surface area contributed by atoms with Crippen molar-refractivity contribution in [2.45, 2.75) is 17.9 Å². The maximum absolute atomic E-state index is 13.2. The number of carbonyl (C=O) groups is 2. The van der Waals surface area contributed by atoms with Gasteiger partial charge < -0.3 is 9.80 Å². The predicted octanol–water partition coefficient (Wildman–Crippen LogP) is 3.31. The van der Waals surface area contributed by atoms with E-state index in [0.717, 1.165) is 16.1 Å². The molecule has 0 radical (unpaired) electrons. The molecule has 1 aliphatic rings. The number of hydrogen-bond acceptors (Lipinski definition) is 3. The van der Waals surface area contributed by atoms with E-state index in [1.54, 1.807) is 29.0 Å². The summed E-state index contributed by atoms with van der Waals surface area (Å²) in [6, 6.07) is 13.9. The monoisotopic (exact) mass is 358 g/mol. The SMILES string of the molecule is CN(Cc1cccc(F)c1)C(=O)CCN1C(=O)CSc2ccccc21. The minimum Gasteiger partial charge on any atom is -0.341 e. The van der Waals surface area contributed by atoms with Crippen LogP contribution in [0, 0.1) is 5.82 Å². The summed E-state index contributed by atoms with van der Waals surface area (Å²) in [5, 5.41) is 0. The summed E-state index contributed by atoms with van der Waals surface area (Å²) in [6.45, 7) is 0.694. The Morgan fingerprint density at radius 1 is 1.24 bits per heavy atom. The first-order chi connectivity index (χ1) is 12.0. The molecule has 0 unspecified atom stereocenters. The number of rotatable bonds is 5. The fraction of sp³-hybridized carbons (Fsp3) is 0.263. The van der Waals surface area contributed by atoms with Gasteiger partial charge in [0, 0.05) is 31.5 Å². The topological polar surface area (TPSA) is 40.6 Å². The van der Waals surface area contributed by atoms with Gasteiger partial charge in [0.1, 0.15) is 5.82 Å². The lowest BCUT2D eigenvalue weighted by Gasteiger charge is -2.29. The van der Waals surface area contributed by atoms with Crippen molar-refractivity contribution in [2.75, 3.05) is 24.2 Å². The molecule has 1 aliphatic heterocycles. The molecule has 1 heterocycles. The summed E-state index contributed by atoms with van der Waals surface area (Å²) in [5.74, 6) is 0.0214. The van der Waals surface area contributed by atoms with Crippen LogP contribution in [-0.2, 0) is 16.1 Å². The molecular formula is C19H19FN2O2S. The van der Waals surface area contributed by atoms with Crippen molar-refractivity contribution in [3.8, 4) is 0 Å². The summed E-state index contributed by atoms with van der Waals surface area (Å²) < 4.78 is 13.2. The van der Waals surface area contributed by atoms with Gasteiger partial charge in [-0.2, -0.15) is 0 Å². The number of halogens is 1. The third-order valence-electron chi connectivity index (χ3n) is 4.09. The number of thioether (sulfide) groups is 1. The zero-order valence-corrected chi connectivity index (χ0v) is 14.8. The lowest BCUT2D eigenvalue weighted by Crippen LogP contribution is -2.38. The Morgan fingerprint density at radius 2 is 2.04 bits per heavy atom. The number of hydrogen-bond donors (Lipinski definition) is 0. The van der Waals surface area contributed by atoms with Crippen LogP contribution in [0.2, 0.25) is 0 Å². The molecule has 3 rings (SSSR count). The van der Waals surface area contributed by atoms with Gasteiger partial charge in [0.2, 0.25) is 11.8 Å². The molecule has 0 atom stereocenters. The van der Waals surface area contributed by atoms with E-state index in [9.17, 15) is 14.0 Å². The summed E-state index contributed by atoms with van der Waals surface area (Å²) >= 11 is 1.52. The minimum atomic E-state index is -0.314. The third-order valence-corrected chi connectivity index (χ3v) is 5.14. The van der Waals surface area contributed by atoms with E-state index in [1.807, 2.05) is 24.3 Å². The second-order valence-corrected chi connectivity index (χ2v) is 6.95. The number of benzene rings is 2. The molecule has 0 bridgehead atoms. The number of nitrogens with zero attached hydrogens (tertiary/aromatic N) is 2. The second kappa shape index (κ2) is 7.70. The number of carbonyl (C=O) groups excluding carboxylic acids is 2. The van der Waals surface area contributed by atoms with E-state index < -0.39 is 0 Å². The van der Waals surface area contributed by atoms with Crippen molar-refractivity contribution in [1.29, 1.82) is 0 Å². The van der Waals surface area contributed by atoms with Crippen LogP contribution in [-0.4, -0.2) is 36.1 Å². The second-order valence-electron chi connectivity index (χ2n) is 5.93. The van der Waals surface area contributed by atoms with Crippen LogP contribution in [0.3, 0.4) is 0 Å². The first kappa shape index (κ1) is 17.5. The highest BCUT2D eigenvalue weighted by Gasteiger charge is 2.25. The van der Waals surface area contributed by atoms with Crippen molar-refractivity contribution >= 4 is 29.3 Å². The number of para-hydroxylation sites is 1. The number of anilines is 1. The molecule has 0 saturated heterocycles. The van der Waals surface area contributed by atoms with E-state index in [-0.39, 0.29) is 24.1 Å². The molecule has 2 aromatic rings. The zero-order chi connectivity index (χ0) is 17.8. The standard InChI is InChI=1S/C19H19FN2O2S/c1-21(12-14-5-4-6-15(20)11-14)18(23)9-10-22-16-7-2-3-8-17(16)25-13-19(22)24/h2-8,11H,9-10,12-13H2,1H3. The molecule has 0 N–H and O–H groups in total. The van der Waals surface area contributed by atoms with Crippen LogP contribution in [0.25, 0.3) is 0 Å². The first-order valence-electron chi connectivity index (χ1n) is 8.05. The molecule has 0 aromatic heterocycles. The Labute approximate surface area is 150 Å². The van der Waals surface area contributed by atoms with Crippen LogP contribution in [0.15, 0.2) is 53.4 Å². The number of amides is 2. The Hall–Kier alpha value is -2.34. The van der Waals surface area contributed by atoms with Gasteiger partial charge in [-0.1, -0.05) is 24.3 Å². The van der Waals surface area contributed by atoms with Gasteiger partial charge >= 0.3 is 0 Å². The molecule has 0 spiro atoms. The molecule has 0 saturated carbocycles. The molecule has 6 heteroatoms. The van der Waals surface area contributed by atoms with E-state index in [0.29, 0.717) is 18.8 Å². The van der Waals surface area contributed by atoms with Crippen LogP contribution in [0.4, 0.5) is 10.1 Å². The molecule has 4 nitrogen and oxygen atoms in total. The van der Waals surface area contributed by atoms with E-state index in [2.05, 4.69) is 0 Å². The Balaban J connectivity index is 1.61. The smallest absolute Gasteiger partial charge is 0.237 e. The summed E-state index contributed by atoms with van der Waals surface area (Å²) in [6.07, 6.45) is 0.233. The molecule has 0 aliphatic carbocycles. The van der Waals surface area contributed by atoms with Gasteiger partial charge in [0.15, 0.2) is 0 Å². The van der Waals surface area contributed by atoms with E-state index >= 15 is 0 Å². The molecule has 130 valence electrons. The van der Waals surface area contributed by atoms with Crippen molar-refractivity contribution in [1.82, 2.24) is 4.90 Å². The largest absolute Gasteiger partial charge is 0.341 e. The Kier molecular flexibility index (Phi) is 5.38. The lowest BCUT2D eigenvalue weighted by molar-refractivity contribution is -0.130. The maximum Gasteiger partial charge on any atom is 0.237 e. The summed E-state index contributed by atoms with van der Waals surface area (Å²) in [4.78, 5) is 28.9. The van der Waals surface area contributed by atoms with Crippen molar-refractivity contribution in [2.24, 2.45) is 0 Å². The normalized spacial score (nSPS) is 13.5. The van der Waals surface area contributed by atoms with Gasteiger partial charge in [0.25, 0.3) is 0 Å². The average molecular weight is 358 g/mol. The van der Waals surface area contributed by atoms with Gasteiger partial charge in [-0.3, -0.25) is 9.59 Å². The van der Waals surface area contributed by atoms with E-state index in [4.69, 9.17) is 0 Å². The van der Waals surface area contributed by atoms with Crippen LogP contribution >= 0.6 is 11.8 Å². The fourth-order valence-electron chi connectivity index (χ4n) is 2.79. The Bertz CT molecular complexity index is 796. The molecule has 2 amide bonds. The summed E-state index contributed by atoms with van der Waals surface area (Å²) in [7, 11) is 1.69. The first-order valence-corrected chi connectivity index (χ1v) is 9.04. The van der Waals surface area contributed by atoms with Gasteiger partial charge in [-0.05, 0) is 29.8 Å². The van der Waals surface area contributed by atoms with Gasteiger partial charge in [-0.25, -0.2) is 4.39 Å².